The van der Waals surface area contributed by atoms with Gasteiger partial charge in [-0.05, 0) is 67.6 Å². The molecule has 1 N–H and O–H groups in total. The summed E-state index contributed by atoms with van der Waals surface area (Å²) in [6.45, 7) is 4.01. The maximum atomic E-state index is 12.5. The number of nitrogens with one attached hydrogen (secondary N) is 1. The largest absolute Gasteiger partial charge is 0.325 e. The van der Waals surface area contributed by atoms with Crippen LogP contribution in [0.1, 0.15) is 11.1 Å². The summed E-state index contributed by atoms with van der Waals surface area (Å²) < 4.78 is 1.88. The SMILES string of the molecule is Cc1ccc(-n2cnnc2SCC(=O)Nc2ccc(Sc3ncccn3)cc2C)cc1. The molecule has 0 bridgehead atoms. The van der Waals surface area contributed by atoms with Crippen LogP contribution in [0.25, 0.3) is 5.69 Å². The molecule has 0 atom stereocenters. The fourth-order valence-electron chi connectivity index (χ4n) is 2.81. The van der Waals surface area contributed by atoms with Gasteiger partial charge >= 0.3 is 0 Å². The van der Waals surface area contributed by atoms with Gasteiger partial charge in [0.25, 0.3) is 0 Å². The van der Waals surface area contributed by atoms with E-state index in [0.717, 1.165) is 21.8 Å². The van der Waals surface area contributed by atoms with Crippen molar-refractivity contribution in [1.82, 2.24) is 24.7 Å². The molecule has 0 spiro atoms. The van der Waals surface area contributed by atoms with Crippen molar-refractivity contribution in [1.29, 1.82) is 0 Å². The van der Waals surface area contributed by atoms with Gasteiger partial charge in [-0.3, -0.25) is 9.36 Å². The number of anilines is 1. The van der Waals surface area contributed by atoms with Crippen LogP contribution in [0.5, 0.6) is 0 Å². The summed E-state index contributed by atoms with van der Waals surface area (Å²) in [5.41, 5.74) is 3.90. The first-order chi connectivity index (χ1) is 15.1. The number of aromatic nitrogens is 5. The molecule has 31 heavy (non-hydrogen) atoms. The van der Waals surface area contributed by atoms with E-state index in [4.69, 9.17) is 0 Å². The third-order valence-electron chi connectivity index (χ3n) is 4.38. The van der Waals surface area contributed by atoms with Crippen molar-refractivity contribution in [3.63, 3.8) is 0 Å². The van der Waals surface area contributed by atoms with Crippen LogP contribution in [0.2, 0.25) is 0 Å². The maximum absolute atomic E-state index is 12.5. The maximum Gasteiger partial charge on any atom is 0.234 e. The van der Waals surface area contributed by atoms with E-state index in [1.165, 1.54) is 29.1 Å². The Morgan fingerprint density at radius 1 is 1.06 bits per heavy atom. The molecule has 9 heteroatoms. The molecule has 0 aliphatic heterocycles. The summed E-state index contributed by atoms with van der Waals surface area (Å²) >= 11 is 2.83. The Kier molecular flexibility index (Phi) is 6.63. The van der Waals surface area contributed by atoms with Crippen molar-refractivity contribution < 1.29 is 4.79 Å². The predicted octanol–water partition coefficient (Wildman–Crippen LogP) is 4.56. The Bertz CT molecular complexity index is 1180. The van der Waals surface area contributed by atoms with Gasteiger partial charge in [-0.2, -0.15) is 0 Å². The summed E-state index contributed by atoms with van der Waals surface area (Å²) in [6.07, 6.45) is 5.09. The van der Waals surface area contributed by atoms with E-state index in [1.807, 2.05) is 60.9 Å². The predicted molar refractivity (Wildman–Crippen MR) is 123 cm³/mol. The van der Waals surface area contributed by atoms with E-state index in [2.05, 4.69) is 25.5 Å². The number of carbonyl (C=O) groups excluding carboxylic acids is 1. The van der Waals surface area contributed by atoms with Gasteiger partial charge in [0.15, 0.2) is 10.3 Å². The molecule has 2 aromatic carbocycles. The number of rotatable bonds is 7. The van der Waals surface area contributed by atoms with E-state index >= 15 is 0 Å². The van der Waals surface area contributed by atoms with Gasteiger partial charge in [0.2, 0.25) is 5.91 Å². The zero-order valence-corrected chi connectivity index (χ0v) is 18.7. The van der Waals surface area contributed by atoms with Crippen LogP contribution in [0.3, 0.4) is 0 Å². The quantitative estimate of drug-likeness (QED) is 0.328. The minimum Gasteiger partial charge on any atom is -0.325 e. The fraction of sp³-hybridized carbons (Fsp3) is 0.136. The minimum absolute atomic E-state index is 0.0987. The standard InChI is InChI=1S/C22H20N6OS2/c1-15-4-6-17(7-5-15)28-14-25-27-22(28)30-13-20(29)26-19-9-8-18(12-16(19)2)31-21-23-10-3-11-24-21/h3-12,14H,13H2,1-2H3,(H,26,29). The molecule has 0 saturated heterocycles. The van der Waals surface area contributed by atoms with E-state index in [9.17, 15) is 4.79 Å². The number of benzene rings is 2. The molecule has 7 nitrogen and oxygen atoms in total. The summed E-state index contributed by atoms with van der Waals surface area (Å²) in [6, 6.07) is 15.7. The van der Waals surface area contributed by atoms with Gasteiger partial charge in [-0.1, -0.05) is 29.5 Å². The van der Waals surface area contributed by atoms with Crippen molar-refractivity contribution in [3.05, 3.63) is 78.4 Å². The van der Waals surface area contributed by atoms with Gasteiger partial charge in [0.1, 0.15) is 6.33 Å². The second-order valence-electron chi connectivity index (χ2n) is 6.77. The second-order valence-corrected chi connectivity index (χ2v) is 8.75. The summed E-state index contributed by atoms with van der Waals surface area (Å²) in [4.78, 5) is 22.0. The van der Waals surface area contributed by atoms with Gasteiger partial charge in [-0.25, -0.2) is 9.97 Å². The average Bonchev–Trinajstić information content (AvgIpc) is 3.24. The number of nitrogens with zero attached hydrogens (tertiary/aromatic N) is 5. The molecule has 156 valence electrons. The van der Waals surface area contributed by atoms with Gasteiger partial charge < -0.3 is 5.32 Å². The third kappa shape index (κ3) is 5.50. The highest BCUT2D eigenvalue weighted by Crippen LogP contribution is 2.28. The number of amides is 1. The van der Waals surface area contributed by atoms with Crippen LogP contribution >= 0.6 is 23.5 Å². The lowest BCUT2D eigenvalue weighted by atomic mass is 10.2. The second kappa shape index (κ2) is 9.76. The first-order valence-corrected chi connectivity index (χ1v) is 11.3. The molecular formula is C22H20N6OS2. The van der Waals surface area contributed by atoms with Crippen molar-refractivity contribution in [2.75, 3.05) is 11.1 Å². The van der Waals surface area contributed by atoms with Gasteiger partial charge in [0.05, 0.1) is 5.75 Å². The zero-order chi connectivity index (χ0) is 21.6. The molecular weight excluding hydrogens is 428 g/mol. The molecule has 2 aromatic heterocycles. The van der Waals surface area contributed by atoms with Gasteiger partial charge in [-0.15, -0.1) is 10.2 Å². The van der Waals surface area contributed by atoms with Crippen LogP contribution in [-0.2, 0) is 4.79 Å². The molecule has 0 radical (unpaired) electrons. The lowest BCUT2D eigenvalue weighted by Crippen LogP contribution is -2.15. The average molecular weight is 449 g/mol. The van der Waals surface area contributed by atoms with Crippen LogP contribution < -0.4 is 5.32 Å². The molecule has 1 amide bonds. The van der Waals surface area contributed by atoms with Crippen LogP contribution in [-0.4, -0.2) is 36.4 Å². The minimum atomic E-state index is -0.0987. The monoisotopic (exact) mass is 448 g/mol. The summed E-state index contributed by atoms with van der Waals surface area (Å²) in [5.74, 6) is 0.136. The van der Waals surface area contributed by atoms with E-state index < -0.39 is 0 Å². The zero-order valence-electron chi connectivity index (χ0n) is 17.0. The number of thioether (sulfide) groups is 1. The highest BCUT2D eigenvalue weighted by molar-refractivity contribution is 7.99. The molecule has 0 saturated carbocycles. The van der Waals surface area contributed by atoms with Crippen molar-refractivity contribution in [2.24, 2.45) is 0 Å². The van der Waals surface area contributed by atoms with Crippen LogP contribution in [0, 0.1) is 13.8 Å². The normalized spacial score (nSPS) is 10.8. The highest BCUT2D eigenvalue weighted by atomic mass is 32.2. The molecule has 0 aliphatic rings. The van der Waals surface area contributed by atoms with E-state index in [1.54, 1.807) is 24.8 Å². The molecule has 0 unspecified atom stereocenters. The fourth-order valence-corrected chi connectivity index (χ4v) is 4.34. The lowest BCUT2D eigenvalue weighted by molar-refractivity contribution is -0.113. The number of aryl methyl sites for hydroxylation is 2. The number of carbonyl (C=O) groups is 1. The summed E-state index contributed by atoms with van der Waals surface area (Å²) in [7, 11) is 0. The molecule has 4 aromatic rings. The molecule has 2 heterocycles. The van der Waals surface area contributed by atoms with Crippen molar-refractivity contribution >= 4 is 35.1 Å². The van der Waals surface area contributed by atoms with Gasteiger partial charge in [0, 0.05) is 28.7 Å². The van der Waals surface area contributed by atoms with Crippen LogP contribution in [0.4, 0.5) is 5.69 Å². The van der Waals surface area contributed by atoms with E-state index in [-0.39, 0.29) is 11.7 Å². The highest BCUT2D eigenvalue weighted by Gasteiger charge is 2.12. The Labute approximate surface area is 188 Å². The summed E-state index contributed by atoms with van der Waals surface area (Å²) in [5, 5.41) is 12.5. The molecule has 0 aliphatic carbocycles. The Balaban J connectivity index is 1.36. The Hall–Kier alpha value is -3.17. The molecule has 4 rings (SSSR count). The first-order valence-electron chi connectivity index (χ1n) is 9.54. The number of hydrogen-bond acceptors (Lipinski definition) is 7. The first kappa shape index (κ1) is 21.1. The Morgan fingerprint density at radius 2 is 1.84 bits per heavy atom. The van der Waals surface area contributed by atoms with Crippen molar-refractivity contribution in [2.45, 2.75) is 29.1 Å². The van der Waals surface area contributed by atoms with Crippen LogP contribution in [0.15, 0.2) is 82.5 Å². The smallest absolute Gasteiger partial charge is 0.234 e. The van der Waals surface area contributed by atoms with E-state index in [0.29, 0.717) is 10.3 Å². The third-order valence-corrected chi connectivity index (χ3v) is 6.21. The number of hydrogen-bond donors (Lipinski definition) is 1. The Morgan fingerprint density at radius 3 is 2.58 bits per heavy atom. The topological polar surface area (TPSA) is 85.6 Å². The lowest BCUT2D eigenvalue weighted by Gasteiger charge is -2.10. The van der Waals surface area contributed by atoms with Crippen molar-refractivity contribution in [3.8, 4) is 5.69 Å². The molecule has 0 fully saturated rings.